The van der Waals surface area contributed by atoms with Crippen molar-refractivity contribution in [2.75, 3.05) is 26.0 Å². The number of methoxy groups -OCH3 is 1. The molecule has 0 bridgehead atoms. The first-order valence-electron chi connectivity index (χ1n) is 5.99. The van der Waals surface area contributed by atoms with E-state index in [0.29, 0.717) is 5.75 Å². The molecule has 0 aromatic heterocycles. The highest BCUT2D eigenvalue weighted by molar-refractivity contribution is 8.00. The highest BCUT2D eigenvalue weighted by atomic mass is 32.2. The molecule has 1 aliphatic rings. The molecule has 5 nitrogen and oxygen atoms in total. The Hall–Kier alpha value is -1.24. The number of rotatable bonds is 5. The smallest absolute Gasteiger partial charge is 0.233 e. The van der Waals surface area contributed by atoms with Crippen molar-refractivity contribution in [3.63, 3.8) is 0 Å². The topological polar surface area (TPSA) is 70.0 Å². The maximum absolute atomic E-state index is 11.8. The lowest BCUT2D eigenvalue weighted by molar-refractivity contribution is -0.129. The normalized spacial score (nSPS) is 20.7. The first-order valence-corrected chi connectivity index (χ1v) is 7.04. The Morgan fingerprint density at radius 3 is 2.74 bits per heavy atom. The van der Waals surface area contributed by atoms with Crippen LogP contribution in [-0.4, -0.2) is 53.1 Å². The lowest BCUT2D eigenvalue weighted by Crippen LogP contribution is -2.37. The number of aliphatic hydroxyl groups excluding tert-OH is 2. The molecule has 2 rings (SSSR count). The van der Waals surface area contributed by atoms with Gasteiger partial charge >= 0.3 is 0 Å². The monoisotopic (exact) mass is 283 g/mol. The number of hydrogen-bond acceptors (Lipinski definition) is 5. The van der Waals surface area contributed by atoms with Gasteiger partial charge in [-0.05, 0) is 17.7 Å². The molecule has 6 heteroatoms. The molecule has 2 unspecified atom stereocenters. The molecule has 2 atom stereocenters. The summed E-state index contributed by atoms with van der Waals surface area (Å²) in [4.78, 5) is 13.4. The molecule has 1 heterocycles. The third-order valence-electron chi connectivity index (χ3n) is 2.99. The van der Waals surface area contributed by atoms with Crippen LogP contribution in [0.5, 0.6) is 5.75 Å². The van der Waals surface area contributed by atoms with Crippen molar-refractivity contribution >= 4 is 17.7 Å². The molecule has 0 saturated carbocycles. The lowest BCUT2D eigenvalue weighted by Gasteiger charge is -2.26. The number of ether oxygens (including phenoxy) is 1. The van der Waals surface area contributed by atoms with Crippen LogP contribution in [-0.2, 0) is 4.79 Å². The molecule has 2 N–H and O–H groups in total. The van der Waals surface area contributed by atoms with E-state index in [1.807, 2.05) is 24.3 Å². The Morgan fingerprint density at radius 1 is 1.47 bits per heavy atom. The summed E-state index contributed by atoms with van der Waals surface area (Å²) in [5, 5.41) is 18.3. The fraction of sp³-hybridized carbons (Fsp3) is 0.462. The van der Waals surface area contributed by atoms with E-state index >= 15 is 0 Å². The van der Waals surface area contributed by atoms with Gasteiger partial charge in [-0.25, -0.2) is 0 Å². The summed E-state index contributed by atoms with van der Waals surface area (Å²) in [5.41, 5.74) is 0.988. The third kappa shape index (κ3) is 3.20. The molecule has 1 fully saturated rings. The molecule has 19 heavy (non-hydrogen) atoms. The Kier molecular flexibility index (Phi) is 4.68. The van der Waals surface area contributed by atoms with Gasteiger partial charge in [0.15, 0.2) is 0 Å². The van der Waals surface area contributed by atoms with Gasteiger partial charge in [0.1, 0.15) is 11.1 Å². The average Bonchev–Trinajstić information content (AvgIpc) is 2.80. The highest BCUT2D eigenvalue weighted by Crippen LogP contribution is 2.38. The van der Waals surface area contributed by atoms with Crippen molar-refractivity contribution in [2.24, 2.45) is 0 Å². The summed E-state index contributed by atoms with van der Waals surface area (Å²) in [6, 6.07) is 7.51. The Balaban J connectivity index is 2.14. The molecular formula is C13H17NO4S. The minimum absolute atomic E-state index is 0.0154. The van der Waals surface area contributed by atoms with E-state index in [9.17, 15) is 9.90 Å². The Morgan fingerprint density at radius 2 is 2.16 bits per heavy atom. The van der Waals surface area contributed by atoms with Gasteiger partial charge in [0.2, 0.25) is 5.91 Å². The van der Waals surface area contributed by atoms with Crippen molar-refractivity contribution in [2.45, 2.75) is 11.5 Å². The Bertz CT molecular complexity index is 437. The quantitative estimate of drug-likeness (QED) is 0.829. The summed E-state index contributed by atoms with van der Waals surface area (Å²) < 4.78 is 5.10. The standard InChI is InChI=1S/C13H17NO4S/c1-18-11-4-2-9(3-5-11)13-14(6-10(16)7-15)12(17)8-19-13/h2-5,10,13,15-16H,6-8H2,1H3. The third-order valence-corrected chi connectivity index (χ3v) is 4.24. The summed E-state index contributed by atoms with van der Waals surface area (Å²) in [6.07, 6.45) is -0.900. The van der Waals surface area contributed by atoms with E-state index < -0.39 is 6.10 Å². The molecule has 0 radical (unpaired) electrons. The van der Waals surface area contributed by atoms with Gasteiger partial charge < -0.3 is 19.8 Å². The van der Waals surface area contributed by atoms with Crippen LogP contribution in [0.4, 0.5) is 0 Å². The SMILES string of the molecule is COc1ccc(C2SCC(=O)N2CC(O)CO)cc1. The zero-order valence-electron chi connectivity index (χ0n) is 10.7. The van der Waals surface area contributed by atoms with E-state index in [0.717, 1.165) is 11.3 Å². The molecule has 0 spiro atoms. The van der Waals surface area contributed by atoms with Gasteiger partial charge in [-0.1, -0.05) is 12.1 Å². The van der Waals surface area contributed by atoms with Gasteiger partial charge in [-0.15, -0.1) is 11.8 Å². The number of nitrogens with zero attached hydrogens (tertiary/aromatic N) is 1. The van der Waals surface area contributed by atoms with Crippen LogP contribution in [0.3, 0.4) is 0 Å². The van der Waals surface area contributed by atoms with E-state index in [2.05, 4.69) is 0 Å². The zero-order valence-corrected chi connectivity index (χ0v) is 11.5. The minimum Gasteiger partial charge on any atom is -0.497 e. The second-order valence-corrected chi connectivity index (χ2v) is 5.39. The molecule has 104 valence electrons. The number of thioether (sulfide) groups is 1. The van der Waals surface area contributed by atoms with Gasteiger partial charge in [0.05, 0.1) is 32.1 Å². The largest absolute Gasteiger partial charge is 0.497 e. The summed E-state index contributed by atoms with van der Waals surface area (Å²) >= 11 is 1.52. The number of benzene rings is 1. The first-order chi connectivity index (χ1) is 9.15. The molecule has 1 aliphatic heterocycles. The number of amides is 1. The molecular weight excluding hydrogens is 266 g/mol. The molecule has 1 aromatic rings. The second kappa shape index (κ2) is 6.27. The van der Waals surface area contributed by atoms with E-state index in [4.69, 9.17) is 9.84 Å². The molecule has 1 amide bonds. The van der Waals surface area contributed by atoms with Crippen LogP contribution < -0.4 is 4.74 Å². The summed E-state index contributed by atoms with van der Waals surface area (Å²) in [7, 11) is 1.60. The van der Waals surface area contributed by atoms with Crippen LogP contribution in [0.15, 0.2) is 24.3 Å². The van der Waals surface area contributed by atoms with E-state index in [1.165, 1.54) is 11.8 Å². The van der Waals surface area contributed by atoms with Crippen molar-refractivity contribution in [3.05, 3.63) is 29.8 Å². The maximum Gasteiger partial charge on any atom is 0.233 e. The highest BCUT2D eigenvalue weighted by Gasteiger charge is 2.33. The van der Waals surface area contributed by atoms with Crippen LogP contribution in [0.25, 0.3) is 0 Å². The van der Waals surface area contributed by atoms with Crippen LogP contribution in [0, 0.1) is 0 Å². The maximum atomic E-state index is 11.8. The molecule has 1 aromatic carbocycles. The molecule has 1 saturated heterocycles. The van der Waals surface area contributed by atoms with Crippen molar-refractivity contribution in [1.82, 2.24) is 4.90 Å². The van der Waals surface area contributed by atoms with Gasteiger partial charge in [-0.3, -0.25) is 4.79 Å². The minimum atomic E-state index is -0.900. The summed E-state index contributed by atoms with van der Waals surface area (Å²) in [5.74, 6) is 1.15. The number of carbonyl (C=O) groups excluding carboxylic acids is 1. The van der Waals surface area contributed by atoms with Crippen molar-refractivity contribution in [3.8, 4) is 5.75 Å². The van der Waals surface area contributed by atoms with Gasteiger partial charge in [-0.2, -0.15) is 0 Å². The first kappa shape index (κ1) is 14.2. The summed E-state index contributed by atoms with van der Waals surface area (Å²) in [6.45, 7) is -0.192. The number of hydrogen-bond donors (Lipinski definition) is 2. The lowest BCUT2D eigenvalue weighted by atomic mass is 10.2. The van der Waals surface area contributed by atoms with Crippen LogP contribution in [0.2, 0.25) is 0 Å². The number of β-amino-alcohol motifs (C(OH)–C–C–N with tert-alkyl or cyclic N) is 1. The zero-order chi connectivity index (χ0) is 13.8. The van der Waals surface area contributed by atoms with Crippen LogP contribution >= 0.6 is 11.8 Å². The van der Waals surface area contributed by atoms with Crippen molar-refractivity contribution < 1.29 is 19.7 Å². The van der Waals surface area contributed by atoms with E-state index in [1.54, 1.807) is 12.0 Å². The second-order valence-electron chi connectivity index (χ2n) is 4.32. The Labute approximate surface area is 116 Å². The number of aliphatic hydroxyl groups is 2. The number of carbonyl (C=O) groups is 1. The fourth-order valence-corrected chi connectivity index (χ4v) is 3.18. The predicted molar refractivity (Wildman–Crippen MR) is 73.0 cm³/mol. The van der Waals surface area contributed by atoms with Crippen LogP contribution in [0.1, 0.15) is 10.9 Å². The molecule has 0 aliphatic carbocycles. The van der Waals surface area contributed by atoms with Gasteiger partial charge in [0.25, 0.3) is 0 Å². The predicted octanol–water partition coefficient (Wildman–Crippen LogP) is 0.622. The van der Waals surface area contributed by atoms with Crippen molar-refractivity contribution in [1.29, 1.82) is 0 Å². The van der Waals surface area contributed by atoms with Gasteiger partial charge in [0, 0.05) is 0 Å². The average molecular weight is 283 g/mol. The van der Waals surface area contributed by atoms with E-state index in [-0.39, 0.29) is 24.4 Å². The fourth-order valence-electron chi connectivity index (χ4n) is 1.98.